The van der Waals surface area contributed by atoms with Gasteiger partial charge >= 0.3 is 0 Å². The summed E-state index contributed by atoms with van der Waals surface area (Å²) in [5.41, 5.74) is 6.00. The van der Waals surface area contributed by atoms with Crippen molar-refractivity contribution < 1.29 is 14.3 Å². The number of benzene rings is 3. The van der Waals surface area contributed by atoms with Crippen LogP contribution in [0.1, 0.15) is 27.0 Å². The molecule has 0 aliphatic carbocycles. The van der Waals surface area contributed by atoms with Gasteiger partial charge in [0.25, 0.3) is 11.8 Å². The van der Waals surface area contributed by atoms with Gasteiger partial charge in [-0.25, -0.2) is 0 Å². The van der Waals surface area contributed by atoms with Gasteiger partial charge < -0.3 is 4.74 Å². The molecule has 0 bridgehead atoms. The molecule has 1 saturated heterocycles. The lowest BCUT2D eigenvalue weighted by molar-refractivity contribution is -0.123. The quantitative estimate of drug-likeness (QED) is 0.348. The highest BCUT2D eigenvalue weighted by atomic mass is 35.5. The summed E-state index contributed by atoms with van der Waals surface area (Å²) in [7, 11) is 0. The van der Waals surface area contributed by atoms with Gasteiger partial charge in [0.1, 0.15) is 12.4 Å². The molecule has 8 heteroatoms. The topological polar surface area (TPSA) is 58.6 Å². The normalized spacial score (nSPS) is 14.6. The monoisotopic (exact) mass is 494 g/mol. The van der Waals surface area contributed by atoms with E-state index in [4.69, 9.17) is 28.6 Å². The fourth-order valence-electron chi connectivity index (χ4n) is 3.02. The first-order chi connectivity index (χ1) is 15.9. The standard InChI is InChI=1S/C25H19ClN2O3S2/c1-16-5-7-18(8-6-16)15-31-21-11-9-17(10-12-21)13-22-24(30)28(25(32)33-22)27-23(29)19-3-2-4-20(26)14-19/h2-14H,15H2,1H3,(H,27,29)/b22-13-. The van der Waals surface area contributed by atoms with E-state index in [-0.39, 0.29) is 10.2 Å². The van der Waals surface area contributed by atoms with Gasteiger partial charge in [0, 0.05) is 10.6 Å². The van der Waals surface area contributed by atoms with Crippen LogP contribution in [-0.2, 0) is 11.4 Å². The minimum Gasteiger partial charge on any atom is -0.489 e. The molecule has 2 amide bonds. The number of amides is 2. The highest BCUT2D eigenvalue weighted by molar-refractivity contribution is 8.26. The molecule has 0 saturated carbocycles. The Balaban J connectivity index is 1.39. The molecule has 33 heavy (non-hydrogen) atoms. The van der Waals surface area contributed by atoms with E-state index in [9.17, 15) is 9.59 Å². The van der Waals surface area contributed by atoms with Crippen molar-refractivity contribution in [2.45, 2.75) is 13.5 Å². The number of carbonyl (C=O) groups excluding carboxylic acids is 2. The van der Waals surface area contributed by atoms with Crippen LogP contribution in [0.5, 0.6) is 5.75 Å². The van der Waals surface area contributed by atoms with Crippen LogP contribution in [0.2, 0.25) is 5.02 Å². The first kappa shape index (κ1) is 23.0. The largest absolute Gasteiger partial charge is 0.489 e. The molecule has 1 aliphatic rings. The Bertz CT molecular complexity index is 1240. The van der Waals surface area contributed by atoms with Crippen LogP contribution in [0.15, 0.2) is 77.7 Å². The van der Waals surface area contributed by atoms with Gasteiger partial charge in [-0.2, -0.15) is 5.01 Å². The zero-order chi connectivity index (χ0) is 23.4. The van der Waals surface area contributed by atoms with Crippen molar-refractivity contribution in [1.82, 2.24) is 10.4 Å². The zero-order valence-corrected chi connectivity index (χ0v) is 20.0. The summed E-state index contributed by atoms with van der Waals surface area (Å²) in [6.45, 7) is 2.52. The number of hydrogen-bond acceptors (Lipinski definition) is 5. The van der Waals surface area contributed by atoms with E-state index in [0.29, 0.717) is 22.1 Å². The minimum absolute atomic E-state index is 0.250. The lowest BCUT2D eigenvalue weighted by Crippen LogP contribution is -2.44. The Morgan fingerprint density at radius 1 is 1.12 bits per heavy atom. The lowest BCUT2D eigenvalue weighted by atomic mass is 10.1. The van der Waals surface area contributed by atoms with Crippen LogP contribution in [0, 0.1) is 6.92 Å². The molecule has 3 aromatic carbocycles. The van der Waals surface area contributed by atoms with Crippen molar-refractivity contribution >= 4 is 57.8 Å². The van der Waals surface area contributed by atoms with Crippen LogP contribution < -0.4 is 10.2 Å². The number of nitrogens with zero attached hydrogens (tertiary/aromatic N) is 1. The molecule has 4 rings (SSSR count). The summed E-state index contributed by atoms with van der Waals surface area (Å²) in [5.74, 6) is -0.126. The number of hydrogen-bond donors (Lipinski definition) is 1. The molecule has 0 aromatic heterocycles. The van der Waals surface area contributed by atoms with E-state index in [1.165, 1.54) is 11.6 Å². The Hall–Kier alpha value is -3.13. The van der Waals surface area contributed by atoms with Crippen LogP contribution in [-0.4, -0.2) is 21.1 Å². The van der Waals surface area contributed by atoms with Gasteiger partial charge in [0.05, 0.1) is 4.91 Å². The molecule has 1 heterocycles. The predicted octanol–water partition coefficient (Wildman–Crippen LogP) is 5.77. The highest BCUT2D eigenvalue weighted by Gasteiger charge is 2.33. The van der Waals surface area contributed by atoms with Gasteiger partial charge in [0.2, 0.25) is 0 Å². The van der Waals surface area contributed by atoms with Gasteiger partial charge in [-0.3, -0.25) is 15.0 Å². The van der Waals surface area contributed by atoms with Crippen LogP contribution in [0.3, 0.4) is 0 Å². The van der Waals surface area contributed by atoms with Crippen LogP contribution in [0.25, 0.3) is 6.08 Å². The van der Waals surface area contributed by atoms with Gasteiger partial charge in [-0.05, 0) is 66.7 Å². The molecule has 166 valence electrons. The maximum Gasteiger partial charge on any atom is 0.285 e. The molecule has 0 radical (unpaired) electrons. The molecule has 1 N–H and O–H groups in total. The number of ether oxygens (including phenoxy) is 1. The average molecular weight is 495 g/mol. The van der Waals surface area contributed by atoms with E-state index in [2.05, 4.69) is 17.6 Å². The smallest absolute Gasteiger partial charge is 0.285 e. The number of aryl methyl sites for hydroxylation is 1. The summed E-state index contributed by atoms with van der Waals surface area (Å²) in [6.07, 6.45) is 1.73. The maximum atomic E-state index is 12.8. The predicted molar refractivity (Wildman–Crippen MR) is 136 cm³/mol. The van der Waals surface area contributed by atoms with Gasteiger partial charge in [-0.15, -0.1) is 0 Å². The molecule has 5 nitrogen and oxygen atoms in total. The Morgan fingerprint density at radius 2 is 1.85 bits per heavy atom. The third-order valence-electron chi connectivity index (χ3n) is 4.80. The fraction of sp³-hybridized carbons (Fsp3) is 0.0800. The molecule has 0 atom stereocenters. The van der Waals surface area contributed by atoms with E-state index >= 15 is 0 Å². The number of hydrazine groups is 1. The Kier molecular flexibility index (Phi) is 7.13. The Labute approximate surface area is 206 Å². The number of nitrogens with one attached hydrogen (secondary N) is 1. The summed E-state index contributed by atoms with van der Waals surface area (Å²) in [4.78, 5) is 25.7. The molecule has 0 unspecified atom stereocenters. The van der Waals surface area contributed by atoms with E-state index in [1.54, 1.807) is 24.3 Å². The molecule has 0 spiro atoms. The minimum atomic E-state index is -0.467. The Morgan fingerprint density at radius 3 is 2.55 bits per heavy atom. The molecule has 1 fully saturated rings. The van der Waals surface area contributed by atoms with Crippen molar-refractivity contribution in [3.8, 4) is 5.75 Å². The number of thioether (sulfide) groups is 1. The van der Waals surface area contributed by atoms with Crippen molar-refractivity contribution in [1.29, 1.82) is 0 Å². The maximum absolute atomic E-state index is 12.8. The second-order valence-corrected chi connectivity index (χ2v) is 9.42. The third kappa shape index (κ3) is 5.82. The molecule has 3 aromatic rings. The molecule has 1 aliphatic heterocycles. The first-order valence-corrected chi connectivity index (χ1v) is 11.6. The second-order valence-electron chi connectivity index (χ2n) is 7.31. The first-order valence-electron chi connectivity index (χ1n) is 10.0. The van der Waals surface area contributed by atoms with E-state index < -0.39 is 5.91 Å². The SMILES string of the molecule is Cc1ccc(COc2ccc(/C=C3\SC(=S)N(NC(=O)c4cccc(Cl)c4)C3=O)cc2)cc1. The van der Waals surface area contributed by atoms with E-state index in [1.807, 2.05) is 43.3 Å². The summed E-state index contributed by atoms with van der Waals surface area (Å²) < 4.78 is 6.08. The van der Waals surface area contributed by atoms with Crippen molar-refractivity contribution in [3.63, 3.8) is 0 Å². The van der Waals surface area contributed by atoms with Crippen molar-refractivity contribution in [3.05, 3.63) is 105 Å². The van der Waals surface area contributed by atoms with Crippen LogP contribution in [0.4, 0.5) is 0 Å². The number of halogens is 1. The third-order valence-corrected chi connectivity index (χ3v) is 6.34. The second kappa shape index (κ2) is 10.2. The number of rotatable bonds is 6. The zero-order valence-electron chi connectivity index (χ0n) is 17.6. The summed E-state index contributed by atoms with van der Waals surface area (Å²) in [5, 5.41) is 1.51. The number of thiocarbonyl (C=S) groups is 1. The average Bonchev–Trinajstić information content (AvgIpc) is 3.07. The van der Waals surface area contributed by atoms with Crippen molar-refractivity contribution in [2.24, 2.45) is 0 Å². The highest BCUT2D eigenvalue weighted by Crippen LogP contribution is 2.32. The summed E-state index contributed by atoms with van der Waals surface area (Å²) >= 11 is 12.3. The number of carbonyl (C=O) groups is 2. The molecular weight excluding hydrogens is 476 g/mol. The van der Waals surface area contributed by atoms with Gasteiger partial charge in [0.15, 0.2) is 4.32 Å². The lowest BCUT2D eigenvalue weighted by Gasteiger charge is -2.15. The fourth-order valence-corrected chi connectivity index (χ4v) is 4.39. The summed E-state index contributed by atoms with van der Waals surface area (Å²) in [6, 6.07) is 22.1. The van der Waals surface area contributed by atoms with Gasteiger partial charge in [-0.1, -0.05) is 71.4 Å². The van der Waals surface area contributed by atoms with E-state index in [0.717, 1.165) is 33.6 Å². The van der Waals surface area contributed by atoms with Crippen LogP contribution >= 0.6 is 35.6 Å². The van der Waals surface area contributed by atoms with Crippen molar-refractivity contribution in [2.75, 3.05) is 0 Å². The molecular formula is C25H19ClN2O3S2.